The first-order valence-electron chi connectivity index (χ1n) is 6.39. The molecule has 0 saturated carbocycles. The van der Waals surface area contributed by atoms with Crippen LogP contribution in [0, 0.1) is 0 Å². The Hall–Kier alpha value is -1.62. The van der Waals surface area contributed by atoms with Gasteiger partial charge in [0.1, 0.15) is 12.2 Å². The summed E-state index contributed by atoms with van der Waals surface area (Å²) in [6, 6.07) is 0. The van der Waals surface area contributed by atoms with Crippen molar-refractivity contribution < 1.29 is 24.2 Å². The molecule has 0 aromatic rings. The van der Waals surface area contributed by atoms with Gasteiger partial charge in [-0.1, -0.05) is 12.2 Å². The number of carbonyl (C=O) groups is 2. The van der Waals surface area contributed by atoms with E-state index in [9.17, 15) is 14.7 Å². The van der Waals surface area contributed by atoms with Crippen LogP contribution in [0.15, 0.2) is 24.3 Å². The van der Waals surface area contributed by atoms with Gasteiger partial charge in [0, 0.05) is 25.0 Å². The Morgan fingerprint density at radius 3 is 2.16 bits per heavy atom. The Morgan fingerprint density at radius 2 is 1.53 bits per heavy atom. The fraction of sp³-hybridized carbons (Fsp3) is 0.571. The molecule has 19 heavy (non-hydrogen) atoms. The molecule has 0 bridgehead atoms. The Balaban J connectivity index is 2.69. The van der Waals surface area contributed by atoms with Crippen LogP contribution in [-0.4, -0.2) is 35.4 Å². The molecule has 1 N–H and O–H groups in total. The van der Waals surface area contributed by atoms with Gasteiger partial charge in [-0.05, 0) is 20.3 Å². The van der Waals surface area contributed by atoms with Crippen molar-refractivity contribution in [2.45, 2.75) is 51.4 Å². The second-order valence-electron chi connectivity index (χ2n) is 4.66. The van der Waals surface area contributed by atoms with E-state index >= 15 is 0 Å². The summed E-state index contributed by atoms with van der Waals surface area (Å²) in [5.41, 5.74) is 0. The van der Waals surface area contributed by atoms with Gasteiger partial charge >= 0.3 is 11.9 Å². The molecule has 0 spiro atoms. The average Bonchev–Trinajstić information content (AvgIpc) is 2.26. The van der Waals surface area contributed by atoms with Crippen LogP contribution in [0.5, 0.6) is 0 Å². The number of hydrogen-bond donors (Lipinski definition) is 1. The van der Waals surface area contributed by atoms with Crippen LogP contribution in [0.25, 0.3) is 0 Å². The van der Waals surface area contributed by atoms with E-state index in [1.165, 1.54) is 12.2 Å². The Morgan fingerprint density at radius 1 is 1.00 bits per heavy atom. The fourth-order valence-corrected chi connectivity index (χ4v) is 1.73. The monoisotopic (exact) mass is 268 g/mol. The minimum atomic E-state index is -0.656. The third-order valence-electron chi connectivity index (χ3n) is 2.62. The summed E-state index contributed by atoms with van der Waals surface area (Å²) in [7, 11) is 0. The highest BCUT2D eigenvalue weighted by Crippen LogP contribution is 2.09. The maximum atomic E-state index is 11.4. The molecule has 5 nitrogen and oxygen atoms in total. The Labute approximate surface area is 112 Å². The molecule has 3 atom stereocenters. The lowest BCUT2D eigenvalue weighted by molar-refractivity contribution is -0.143. The number of rotatable bonds is 0. The van der Waals surface area contributed by atoms with E-state index in [2.05, 4.69) is 0 Å². The molecule has 0 unspecified atom stereocenters. The van der Waals surface area contributed by atoms with E-state index in [0.29, 0.717) is 19.3 Å². The molecule has 0 aromatic carbocycles. The van der Waals surface area contributed by atoms with Crippen LogP contribution in [0.3, 0.4) is 0 Å². The van der Waals surface area contributed by atoms with Crippen molar-refractivity contribution >= 4 is 11.9 Å². The van der Waals surface area contributed by atoms with Crippen LogP contribution in [0.1, 0.15) is 33.1 Å². The van der Waals surface area contributed by atoms with Gasteiger partial charge in [0.2, 0.25) is 0 Å². The lowest BCUT2D eigenvalue weighted by atomic mass is 10.1. The maximum Gasteiger partial charge on any atom is 0.330 e. The van der Waals surface area contributed by atoms with Gasteiger partial charge in [0.25, 0.3) is 0 Å². The van der Waals surface area contributed by atoms with Gasteiger partial charge in [-0.2, -0.15) is 0 Å². The first kappa shape index (κ1) is 15.4. The zero-order valence-electron chi connectivity index (χ0n) is 11.2. The van der Waals surface area contributed by atoms with Crippen molar-refractivity contribution in [3.05, 3.63) is 24.3 Å². The third kappa shape index (κ3) is 6.76. The predicted molar refractivity (Wildman–Crippen MR) is 69.2 cm³/mol. The lowest BCUT2D eigenvalue weighted by Crippen LogP contribution is -2.20. The van der Waals surface area contributed by atoms with Crippen molar-refractivity contribution in [2.75, 3.05) is 0 Å². The number of esters is 2. The lowest BCUT2D eigenvalue weighted by Gasteiger charge is -2.16. The summed E-state index contributed by atoms with van der Waals surface area (Å²) < 4.78 is 10.2. The van der Waals surface area contributed by atoms with Gasteiger partial charge < -0.3 is 14.6 Å². The van der Waals surface area contributed by atoms with E-state index in [0.717, 1.165) is 0 Å². The van der Waals surface area contributed by atoms with Crippen LogP contribution in [-0.2, 0) is 19.1 Å². The molecule has 1 aliphatic heterocycles. The van der Waals surface area contributed by atoms with Crippen molar-refractivity contribution in [3.8, 4) is 0 Å². The second-order valence-corrected chi connectivity index (χ2v) is 4.66. The highest BCUT2D eigenvalue weighted by molar-refractivity contribution is 5.82. The largest absolute Gasteiger partial charge is 0.459 e. The zero-order valence-corrected chi connectivity index (χ0v) is 11.2. The van der Waals surface area contributed by atoms with Gasteiger partial charge in [-0.25, -0.2) is 9.59 Å². The number of carbonyl (C=O) groups excluding carboxylic acids is 2. The first-order valence-corrected chi connectivity index (χ1v) is 6.39. The topological polar surface area (TPSA) is 72.8 Å². The van der Waals surface area contributed by atoms with Crippen molar-refractivity contribution in [1.29, 1.82) is 0 Å². The average molecular weight is 268 g/mol. The molecule has 1 rings (SSSR count). The van der Waals surface area contributed by atoms with Gasteiger partial charge in [-0.15, -0.1) is 0 Å². The molecular formula is C14H20O5. The van der Waals surface area contributed by atoms with E-state index in [4.69, 9.17) is 9.47 Å². The summed E-state index contributed by atoms with van der Waals surface area (Å²) >= 11 is 0. The molecule has 0 aliphatic carbocycles. The van der Waals surface area contributed by atoms with E-state index in [1.54, 1.807) is 26.0 Å². The Bertz CT molecular complexity index is 372. The molecule has 0 saturated heterocycles. The van der Waals surface area contributed by atoms with E-state index < -0.39 is 18.0 Å². The molecule has 5 heteroatoms. The van der Waals surface area contributed by atoms with E-state index in [1.807, 2.05) is 0 Å². The normalized spacial score (nSPS) is 33.7. The first-order chi connectivity index (χ1) is 8.97. The van der Waals surface area contributed by atoms with Crippen molar-refractivity contribution in [1.82, 2.24) is 0 Å². The Kier molecular flexibility index (Phi) is 6.29. The van der Waals surface area contributed by atoms with Crippen LogP contribution in [0.4, 0.5) is 0 Å². The summed E-state index contributed by atoms with van der Waals surface area (Å²) in [5, 5.41) is 9.70. The van der Waals surface area contributed by atoms with Crippen molar-refractivity contribution in [3.63, 3.8) is 0 Å². The molecule has 0 aromatic heterocycles. The summed E-state index contributed by atoms with van der Waals surface area (Å²) in [4.78, 5) is 22.8. The van der Waals surface area contributed by atoms with Crippen molar-refractivity contribution in [2.24, 2.45) is 0 Å². The number of aliphatic hydroxyl groups is 1. The second kappa shape index (κ2) is 7.74. The highest BCUT2D eigenvalue weighted by Gasteiger charge is 2.13. The summed E-state index contributed by atoms with van der Waals surface area (Å²) in [6.45, 7) is 3.46. The van der Waals surface area contributed by atoms with Crippen LogP contribution >= 0.6 is 0 Å². The number of ether oxygens (including phenoxy) is 2. The van der Waals surface area contributed by atoms with Gasteiger partial charge in [0.15, 0.2) is 0 Å². The molecule has 1 aliphatic rings. The predicted octanol–water partition coefficient (Wildman–Crippen LogP) is 1.51. The van der Waals surface area contributed by atoms with Crippen LogP contribution in [0.2, 0.25) is 0 Å². The minimum absolute atomic E-state index is 0.313. The molecule has 0 amide bonds. The standard InChI is InChI=1S/C14H20O5/c1-10-5-3-7-14(17)19-11(2)9-12(15)6-4-8-13(16)18-10/h3-4,7-8,10-12,15H,5-6,9H2,1-2H3/b7-3+,8-4+/t10-,11-,12+/m1/s1. The number of hydrogen-bond acceptors (Lipinski definition) is 5. The summed E-state index contributed by atoms with van der Waals surface area (Å²) in [5.74, 6) is -0.897. The molecule has 1 heterocycles. The SMILES string of the molecule is C[C@@H]1C/C=C/C(=O)O[C@H](C)C[C@@H](O)C/C=C/C(=O)O1. The zero-order chi connectivity index (χ0) is 14.3. The summed E-state index contributed by atoms with van der Waals surface area (Å²) in [6.07, 6.45) is 5.56. The minimum Gasteiger partial charge on any atom is -0.459 e. The van der Waals surface area contributed by atoms with E-state index in [-0.39, 0.29) is 12.2 Å². The third-order valence-corrected chi connectivity index (χ3v) is 2.62. The molecular weight excluding hydrogens is 248 g/mol. The maximum absolute atomic E-state index is 11.4. The molecule has 106 valence electrons. The van der Waals surface area contributed by atoms with Crippen LogP contribution < -0.4 is 0 Å². The quantitative estimate of drug-likeness (QED) is 0.674. The smallest absolute Gasteiger partial charge is 0.330 e. The molecule has 0 radical (unpaired) electrons. The number of cyclic esters (lactones) is 2. The molecule has 0 fully saturated rings. The fourth-order valence-electron chi connectivity index (χ4n) is 1.73. The highest BCUT2D eigenvalue weighted by atomic mass is 16.5. The number of aliphatic hydroxyl groups excluding tert-OH is 1. The van der Waals surface area contributed by atoms with Gasteiger partial charge in [-0.3, -0.25) is 0 Å². The van der Waals surface area contributed by atoms with Gasteiger partial charge in [0.05, 0.1) is 6.10 Å².